The molecule has 0 radical (unpaired) electrons. The summed E-state index contributed by atoms with van der Waals surface area (Å²) in [5.74, 6) is 0.900. The topological polar surface area (TPSA) is 58.3 Å². The van der Waals surface area contributed by atoms with Gasteiger partial charge in [-0.15, -0.1) is 0 Å². The highest BCUT2D eigenvalue weighted by molar-refractivity contribution is 6.32. The van der Waals surface area contributed by atoms with Crippen LogP contribution >= 0.6 is 11.6 Å². The minimum Gasteiger partial charge on any atom is -0.506 e. The number of phenolic OH excluding ortho intramolecular Hbond substituents is 1. The minimum atomic E-state index is 0.0996. The summed E-state index contributed by atoms with van der Waals surface area (Å²) in [6.45, 7) is 3.15. The average molecular weight is 253 g/mol. The van der Waals surface area contributed by atoms with Crippen molar-refractivity contribution in [3.05, 3.63) is 46.3 Å². The molecule has 0 atom stereocenters. The van der Waals surface area contributed by atoms with E-state index in [1.807, 2.05) is 19.1 Å². The van der Waals surface area contributed by atoms with Crippen molar-refractivity contribution in [1.29, 1.82) is 0 Å². The fourth-order valence-electron chi connectivity index (χ4n) is 1.50. The Morgan fingerprint density at radius 2 is 2.18 bits per heavy atom. The van der Waals surface area contributed by atoms with Crippen LogP contribution in [0.2, 0.25) is 5.02 Å². The maximum absolute atomic E-state index is 9.28. The molecule has 0 saturated carbocycles. The summed E-state index contributed by atoms with van der Waals surface area (Å²) in [4.78, 5) is 0. The molecule has 5 heteroatoms. The van der Waals surface area contributed by atoms with Gasteiger partial charge in [-0.3, -0.25) is 0 Å². The Bertz CT molecular complexity index is 511. The molecule has 0 aliphatic heterocycles. The number of aromatic hydroxyl groups is 1. The van der Waals surface area contributed by atoms with Crippen LogP contribution in [0.1, 0.15) is 17.0 Å². The molecule has 0 saturated heterocycles. The molecule has 1 aromatic heterocycles. The molecule has 1 aromatic carbocycles. The number of nitrogens with zero attached hydrogens (tertiary/aromatic N) is 1. The van der Waals surface area contributed by atoms with Gasteiger partial charge in [-0.1, -0.05) is 22.8 Å². The van der Waals surface area contributed by atoms with Crippen LogP contribution in [-0.4, -0.2) is 10.3 Å². The molecular weight excluding hydrogens is 240 g/mol. The van der Waals surface area contributed by atoms with Crippen LogP contribution in [0, 0.1) is 6.92 Å². The van der Waals surface area contributed by atoms with E-state index in [-0.39, 0.29) is 5.75 Å². The fourth-order valence-corrected chi connectivity index (χ4v) is 1.70. The van der Waals surface area contributed by atoms with Gasteiger partial charge in [-0.2, -0.15) is 0 Å². The first-order valence-corrected chi connectivity index (χ1v) is 5.63. The largest absolute Gasteiger partial charge is 0.506 e. The number of halogens is 1. The smallest absolute Gasteiger partial charge is 0.134 e. The van der Waals surface area contributed by atoms with Crippen LogP contribution in [0.4, 0.5) is 0 Å². The van der Waals surface area contributed by atoms with Gasteiger partial charge < -0.3 is 14.9 Å². The minimum absolute atomic E-state index is 0.0996. The maximum atomic E-state index is 9.28. The molecule has 0 aliphatic carbocycles. The first-order valence-electron chi connectivity index (χ1n) is 5.25. The van der Waals surface area contributed by atoms with E-state index in [2.05, 4.69) is 10.5 Å². The van der Waals surface area contributed by atoms with Gasteiger partial charge in [0.2, 0.25) is 0 Å². The monoisotopic (exact) mass is 252 g/mol. The van der Waals surface area contributed by atoms with Gasteiger partial charge in [0, 0.05) is 19.2 Å². The second-order valence-corrected chi connectivity index (χ2v) is 4.23. The molecule has 0 aliphatic rings. The van der Waals surface area contributed by atoms with Crippen molar-refractivity contribution in [3.63, 3.8) is 0 Å². The highest BCUT2D eigenvalue weighted by Gasteiger charge is 2.02. The van der Waals surface area contributed by atoms with E-state index < -0.39 is 0 Å². The molecule has 1 heterocycles. The van der Waals surface area contributed by atoms with Gasteiger partial charge in [-0.25, -0.2) is 0 Å². The zero-order valence-corrected chi connectivity index (χ0v) is 10.2. The normalized spacial score (nSPS) is 10.7. The lowest BCUT2D eigenvalue weighted by molar-refractivity contribution is 0.388. The first-order chi connectivity index (χ1) is 8.15. The lowest BCUT2D eigenvalue weighted by atomic mass is 10.2. The molecule has 4 nitrogen and oxygen atoms in total. The van der Waals surface area contributed by atoms with E-state index in [9.17, 15) is 5.11 Å². The van der Waals surface area contributed by atoms with Crippen molar-refractivity contribution in [2.75, 3.05) is 0 Å². The van der Waals surface area contributed by atoms with E-state index in [1.54, 1.807) is 12.1 Å². The zero-order chi connectivity index (χ0) is 12.3. The molecular formula is C12H13ClN2O2. The number of hydrogen-bond donors (Lipinski definition) is 2. The van der Waals surface area contributed by atoms with Crippen molar-refractivity contribution < 1.29 is 9.63 Å². The van der Waals surface area contributed by atoms with Crippen molar-refractivity contribution >= 4 is 11.6 Å². The van der Waals surface area contributed by atoms with Crippen LogP contribution in [0.3, 0.4) is 0 Å². The second kappa shape index (κ2) is 5.21. The quantitative estimate of drug-likeness (QED) is 0.878. The third kappa shape index (κ3) is 3.22. The number of phenols is 1. The van der Waals surface area contributed by atoms with Crippen molar-refractivity contribution in [2.24, 2.45) is 0 Å². The summed E-state index contributed by atoms with van der Waals surface area (Å²) in [7, 11) is 0. The Morgan fingerprint density at radius 3 is 2.82 bits per heavy atom. The van der Waals surface area contributed by atoms with E-state index in [1.165, 1.54) is 0 Å². The number of rotatable bonds is 4. The first kappa shape index (κ1) is 12.0. The van der Waals surface area contributed by atoms with Crippen molar-refractivity contribution in [2.45, 2.75) is 20.0 Å². The van der Waals surface area contributed by atoms with Crippen LogP contribution in [0.5, 0.6) is 5.75 Å². The summed E-state index contributed by atoms with van der Waals surface area (Å²) in [5, 5.41) is 16.7. The molecule has 17 heavy (non-hydrogen) atoms. The summed E-state index contributed by atoms with van der Waals surface area (Å²) in [5.41, 5.74) is 1.88. The highest BCUT2D eigenvalue weighted by Crippen LogP contribution is 2.23. The fraction of sp³-hybridized carbons (Fsp3) is 0.250. The number of aryl methyl sites for hydroxylation is 1. The van der Waals surface area contributed by atoms with Crippen LogP contribution in [0.25, 0.3) is 0 Å². The molecule has 0 unspecified atom stereocenters. The number of nitrogens with one attached hydrogen (secondary N) is 1. The van der Waals surface area contributed by atoms with Crippen molar-refractivity contribution in [3.8, 4) is 5.75 Å². The second-order valence-electron chi connectivity index (χ2n) is 3.82. The molecule has 0 amide bonds. The van der Waals surface area contributed by atoms with Gasteiger partial charge in [0.25, 0.3) is 0 Å². The van der Waals surface area contributed by atoms with Crippen LogP contribution in [-0.2, 0) is 13.1 Å². The Labute approximate surface area is 104 Å². The third-order valence-corrected chi connectivity index (χ3v) is 2.63. The Kier molecular flexibility index (Phi) is 3.66. The summed E-state index contributed by atoms with van der Waals surface area (Å²) >= 11 is 5.81. The maximum Gasteiger partial charge on any atom is 0.134 e. The van der Waals surface area contributed by atoms with Gasteiger partial charge in [0.1, 0.15) is 11.5 Å². The Hall–Kier alpha value is -1.52. The molecule has 2 aromatic rings. The third-order valence-electron chi connectivity index (χ3n) is 2.32. The number of aromatic nitrogens is 1. The van der Waals surface area contributed by atoms with E-state index in [0.29, 0.717) is 18.1 Å². The summed E-state index contributed by atoms with van der Waals surface area (Å²) < 4.78 is 4.96. The Morgan fingerprint density at radius 1 is 1.35 bits per heavy atom. The predicted molar refractivity (Wildman–Crippen MR) is 64.9 cm³/mol. The molecule has 0 bridgehead atoms. The van der Waals surface area contributed by atoms with Gasteiger partial charge in [-0.05, 0) is 24.6 Å². The van der Waals surface area contributed by atoms with Gasteiger partial charge in [0.05, 0.1) is 10.7 Å². The van der Waals surface area contributed by atoms with E-state index in [0.717, 1.165) is 17.0 Å². The molecule has 2 rings (SSSR count). The highest BCUT2D eigenvalue weighted by atomic mass is 35.5. The lowest BCUT2D eigenvalue weighted by Crippen LogP contribution is -2.12. The molecule has 2 N–H and O–H groups in total. The standard InChI is InChI=1S/C12H13ClN2O2/c1-8-4-10(15-17-8)7-14-6-9-2-3-12(16)11(13)5-9/h2-5,14,16H,6-7H2,1H3. The number of benzene rings is 1. The van der Waals surface area contributed by atoms with Gasteiger partial charge >= 0.3 is 0 Å². The summed E-state index contributed by atoms with van der Waals surface area (Å²) in [6, 6.07) is 7.02. The SMILES string of the molecule is Cc1cc(CNCc2ccc(O)c(Cl)c2)no1. The van der Waals surface area contributed by atoms with Crippen molar-refractivity contribution in [1.82, 2.24) is 10.5 Å². The molecule has 0 spiro atoms. The lowest BCUT2D eigenvalue weighted by Gasteiger charge is -2.04. The summed E-state index contributed by atoms with van der Waals surface area (Å²) in [6.07, 6.45) is 0. The molecule has 90 valence electrons. The molecule has 0 fully saturated rings. The number of hydrogen-bond acceptors (Lipinski definition) is 4. The van der Waals surface area contributed by atoms with Gasteiger partial charge in [0.15, 0.2) is 0 Å². The average Bonchev–Trinajstić information content (AvgIpc) is 2.70. The predicted octanol–water partition coefficient (Wildman–Crippen LogP) is 2.63. The zero-order valence-electron chi connectivity index (χ0n) is 9.40. The van der Waals surface area contributed by atoms with E-state index in [4.69, 9.17) is 16.1 Å². The van der Waals surface area contributed by atoms with Crippen LogP contribution in [0.15, 0.2) is 28.8 Å². The van der Waals surface area contributed by atoms with Crippen LogP contribution < -0.4 is 5.32 Å². The Balaban J connectivity index is 1.87. The van der Waals surface area contributed by atoms with E-state index >= 15 is 0 Å².